The molecule has 2 heterocycles. The fraction of sp³-hybridized carbons (Fsp3) is 1.00. The Morgan fingerprint density at radius 3 is 1.89 bits per heavy atom. The quantitative estimate of drug-likeness (QED) is 0.0865. The van der Waals surface area contributed by atoms with Crippen molar-refractivity contribution in [3.63, 3.8) is 0 Å². The van der Waals surface area contributed by atoms with Gasteiger partial charge < -0.3 is 74.9 Å². The van der Waals surface area contributed by atoms with Crippen LogP contribution in [-0.2, 0) is 32.6 Å². The van der Waals surface area contributed by atoms with Gasteiger partial charge in [-0.25, -0.2) is 4.57 Å². The normalized spacial score (nSPS) is 40.2. The molecular formula is C18H35O18P. The maximum absolute atomic E-state index is 11.9. The molecule has 11 N–H and O–H groups in total. The molecule has 37 heavy (non-hydrogen) atoms. The lowest BCUT2D eigenvalue weighted by molar-refractivity contribution is -0.368. The Balaban J connectivity index is 2.11. The van der Waals surface area contributed by atoms with Crippen LogP contribution in [0.25, 0.3) is 0 Å². The smallest absolute Gasteiger partial charge is 0.394 e. The minimum atomic E-state index is -4.83. The molecule has 0 aromatic rings. The predicted octanol–water partition coefficient (Wildman–Crippen LogP) is -6.53. The van der Waals surface area contributed by atoms with E-state index in [9.17, 15) is 50.3 Å². The zero-order chi connectivity index (χ0) is 27.9. The Morgan fingerprint density at radius 2 is 1.30 bits per heavy atom. The Bertz CT molecular complexity index is 716. The van der Waals surface area contributed by atoms with E-state index < -0.39 is 121 Å². The number of aliphatic hydroxyl groups excluding tert-OH is 10. The van der Waals surface area contributed by atoms with E-state index in [1.165, 1.54) is 0 Å². The number of hydrogen-bond donors (Lipinski definition) is 11. The lowest BCUT2D eigenvalue weighted by atomic mass is 9.97. The Kier molecular flexibility index (Phi) is 13.1. The van der Waals surface area contributed by atoms with Gasteiger partial charge in [-0.15, -0.1) is 0 Å². The average molecular weight is 570 g/mol. The molecule has 220 valence electrons. The van der Waals surface area contributed by atoms with Crippen LogP contribution in [0.1, 0.15) is 0 Å². The van der Waals surface area contributed by atoms with E-state index in [4.69, 9.17) is 29.2 Å². The van der Waals surface area contributed by atoms with Crippen LogP contribution in [0.2, 0.25) is 0 Å². The summed E-state index contributed by atoms with van der Waals surface area (Å²) in [5, 5.41) is 97.3. The van der Waals surface area contributed by atoms with Crippen molar-refractivity contribution in [1.82, 2.24) is 0 Å². The lowest BCUT2D eigenvalue weighted by Gasteiger charge is -2.46. The summed E-state index contributed by atoms with van der Waals surface area (Å²) >= 11 is 0. The van der Waals surface area contributed by atoms with E-state index in [1.807, 2.05) is 0 Å². The maximum Gasteiger partial charge on any atom is 0.472 e. The first-order valence-electron chi connectivity index (χ1n) is 11.1. The first-order valence-corrected chi connectivity index (χ1v) is 12.6. The molecular weight excluding hydrogens is 535 g/mol. The molecule has 0 spiro atoms. The minimum Gasteiger partial charge on any atom is -0.394 e. The summed E-state index contributed by atoms with van der Waals surface area (Å²) in [6.07, 6.45) is -20.3. The third-order valence-electron chi connectivity index (χ3n) is 5.49. The van der Waals surface area contributed by atoms with Crippen molar-refractivity contribution in [2.24, 2.45) is 0 Å². The van der Waals surface area contributed by atoms with Gasteiger partial charge in [0, 0.05) is 0 Å². The van der Waals surface area contributed by atoms with Crippen LogP contribution in [-0.4, -0.2) is 169 Å². The molecule has 19 heteroatoms. The summed E-state index contributed by atoms with van der Waals surface area (Å²) in [6, 6.07) is 0. The summed E-state index contributed by atoms with van der Waals surface area (Å²) in [5.41, 5.74) is 0. The molecule has 0 aromatic carbocycles. The maximum atomic E-state index is 11.9. The van der Waals surface area contributed by atoms with Crippen molar-refractivity contribution in [3.05, 3.63) is 0 Å². The fourth-order valence-electron chi connectivity index (χ4n) is 3.35. The highest BCUT2D eigenvalue weighted by Crippen LogP contribution is 2.44. The lowest BCUT2D eigenvalue weighted by Crippen LogP contribution is -2.64. The fourth-order valence-corrected chi connectivity index (χ4v) is 4.12. The second-order valence-electron chi connectivity index (χ2n) is 8.39. The largest absolute Gasteiger partial charge is 0.472 e. The molecule has 2 aliphatic rings. The minimum absolute atomic E-state index is 0.537. The van der Waals surface area contributed by atoms with Crippen LogP contribution < -0.4 is 0 Å². The van der Waals surface area contributed by atoms with Gasteiger partial charge >= 0.3 is 7.82 Å². The number of aliphatic hydroxyl groups is 10. The molecule has 13 atom stereocenters. The van der Waals surface area contributed by atoms with E-state index in [2.05, 4.69) is 9.05 Å². The number of phosphoric acid groups is 1. The first kappa shape index (κ1) is 32.8. The Morgan fingerprint density at radius 1 is 0.730 bits per heavy atom. The van der Waals surface area contributed by atoms with Gasteiger partial charge in [-0.2, -0.15) is 0 Å². The van der Waals surface area contributed by atoms with Crippen molar-refractivity contribution in [1.29, 1.82) is 0 Å². The van der Waals surface area contributed by atoms with Gasteiger partial charge in [0.15, 0.2) is 12.6 Å². The van der Waals surface area contributed by atoms with Gasteiger partial charge in [-0.1, -0.05) is 0 Å². The monoisotopic (exact) mass is 570 g/mol. The molecule has 0 aromatic heterocycles. The van der Waals surface area contributed by atoms with E-state index in [0.29, 0.717) is 0 Å². The average Bonchev–Trinajstić information content (AvgIpc) is 2.88. The molecule has 0 aliphatic carbocycles. The van der Waals surface area contributed by atoms with E-state index >= 15 is 0 Å². The van der Waals surface area contributed by atoms with Crippen molar-refractivity contribution in [2.45, 2.75) is 73.6 Å². The SMILES string of the molecule is O=P(O)(OCC(O)CO)OC[C@H]1O[C@H](O[C@H]2[C@@H](OCC(O)CO)O[C@H](CO)[C@@H](O)[C@@H]2O)[C@H](O)[C@@H](O)[C@@H]1O. The zero-order valence-electron chi connectivity index (χ0n) is 19.4. The van der Waals surface area contributed by atoms with Crippen LogP contribution in [0.15, 0.2) is 0 Å². The third kappa shape index (κ3) is 9.04. The molecule has 0 radical (unpaired) electrons. The van der Waals surface area contributed by atoms with Gasteiger partial charge in [0.25, 0.3) is 0 Å². The van der Waals surface area contributed by atoms with Crippen molar-refractivity contribution in [2.75, 3.05) is 39.6 Å². The van der Waals surface area contributed by atoms with Gasteiger partial charge in [0.2, 0.25) is 0 Å². The molecule has 2 rings (SSSR count). The van der Waals surface area contributed by atoms with Crippen molar-refractivity contribution >= 4 is 7.82 Å². The summed E-state index contributed by atoms with van der Waals surface area (Å²) < 4.78 is 42.5. The molecule has 0 bridgehead atoms. The van der Waals surface area contributed by atoms with Crippen molar-refractivity contribution in [3.8, 4) is 0 Å². The Hall–Kier alpha value is -0.450. The predicted molar refractivity (Wildman–Crippen MR) is 113 cm³/mol. The molecule has 18 nitrogen and oxygen atoms in total. The van der Waals surface area contributed by atoms with Crippen molar-refractivity contribution < 1.29 is 88.5 Å². The van der Waals surface area contributed by atoms with Crippen LogP contribution >= 0.6 is 7.82 Å². The zero-order valence-corrected chi connectivity index (χ0v) is 20.3. The molecule has 2 aliphatic heterocycles. The second kappa shape index (κ2) is 14.8. The molecule has 2 saturated heterocycles. The van der Waals surface area contributed by atoms with E-state index in [1.54, 1.807) is 0 Å². The van der Waals surface area contributed by atoms with E-state index in [-0.39, 0.29) is 0 Å². The summed E-state index contributed by atoms with van der Waals surface area (Å²) in [6.45, 7) is -4.42. The van der Waals surface area contributed by atoms with Gasteiger partial charge in [-0.3, -0.25) is 9.05 Å². The topological polar surface area (TPSA) is 295 Å². The van der Waals surface area contributed by atoms with Crippen LogP contribution in [0.3, 0.4) is 0 Å². The number of hydrogen-bond acceptors (Lipinski definition) is 17. The Labute approximate surface area is 210 Å². The van der Waals surface area contributed by atoms with Gasteiger partial charge in [0.1, 0.15) is 61.0 Å². The molecule has 2 fully saturated rings. The summed E-state index contributed by atoms with van der Waals surface area (Å²) in [4.78, 5) is 9.68. The molecule has 3 unspecified atom stereocenters. The van der Waals surface area contributed by atoms with Crippen LogP contribution in [0.5, 0.6) is 0 Å². The molecule has 0 amide bonds. The highest BCUT2D eigenvalue weighted by molar-refractivity contribution is 7.47. The van der Waals surface area contributed by atoms with Gasteiger partial charge in [-0.05, 0) is 0 Å². The summed E-state index contributed by atoms with van der Waals surface area (Å²) in [5.74, 6) is 0. The third-order valence-corrected chi connectivity index (χ3v) is 6.44. The van der Waals surface area contributed by atoms with E-state index in [0.717, 1.165) is 0 Å². The summed E-state index contributed by atoms with van der Waals surface area (Å²) in [7, 11) is -4.83. The van der Waals surface area contributed by atoms with Crippen LogP contribution in [0, 0.1) is 0 Å². The highest BCUT2D eigenvalue weighted by Gasteiger charge is 2.51. The number of rotatable bonds is 14. The van der Waals surface area contributed by atoms with Crippen LogP contribution in [0.4, 0.5) is 0 Å². The number of phosphoric ester groups is 1. The standard InChI is InChI=1S/C18H35O18P/c19-1-7(22)4-31-18-16(14(27)11(24)9(3-21)34-18)36-17-15(28)13(26)12(25)10(35-17)6-33-37(29,30)32-5-8(23)2-20/h7-28H,1-6H2,(H,29,30)/t7?,8?,9-,10-,11-,12-,13+,14+,15-,16-,17-,18+/m1/s1. The second-order valence-corrected chi connectivity index (χ2v) is 9.84. The molecule has 0 saturated carbocycles. The highest BCUT2D eigenvalue weighted by atomic mass is 31.2. The van der Waals surface area contributed by atoms with Gasteiger partial charge in [0.05, 0.1) is 39.6 Å². The first-order chi connectivity index (χ1) is 17.3. The number of ether oxygens (including phenoxy) is 4.